The van der Waals surface area contributed by atoms with Gasteiger partial charge in [-0.2, -0.15) is 0 Å². The Hall–Kier alpha value is -1.55. The number of hydrogen-bond donors (Lipinski definition) is 2. The van der Waals surface area contributed by atoms with Crippen molar-refractivity contribution in [1.29, 1.82) is 0 Å². The van der Waals surface area contributed by atoms with Gasteiger partial charge in [-0.25, -0.2) is 0 Å². The highest BCUT2D eigenvalue weighted by Gasteiger charge is 2.18. The molecule has 4 heteroatoms. The minimum absolute atomic E-state index is 0.0338. The van der Waals surface area contributed by atoms with Crippen molar-refractivity contribution >= 4 is 5.91 Å². The molecule has 0 bridgehead atoms. The summed E-state index contributed by atoms with van der Waals surface area (Å²) in [6.45, 7) is 6.35. The van der Waals surface area contributed by atoms with Gasteiger partial charge in [0.1, 0.15) is 5.75 Å². The summed E-state index contributed by atoms with van der Waals surface area (Å²) in [5.74, 6) is 0.591. The number of carbonyl (C=O) groups excluding carboxylic acids is 1. The van der Waals surface area contributed by atoms with Gasteiger partial charge >= 0.3 is 0 Å². The van der Waals surface area contributed by atoms with Gasteiger partial charge in [0, 0.05) is 12.6 Å². The second-order valence-electron chi connectivity index (χ2n) is 5.16. The molecule has 0 heterocycles. The van der Waals surface area contributed by atoms with Crippen LogP contribution in [0.25, 0.3) is 0 Å². The normalized spacial score (nSPS) is 13.6. The Morgan fingerprint density at radius 2 is 2.00 bits per heavy atom. The predicted molar refractivity (Wildman–Crippen MR) is 81.8 cm³/mol. The predicted octanol–water partition coefficient (Wildman–Crippen LogP) is 2.40. The first-order valence-corrected chi connectivity index (χ1v) is 7.30. The van der Waals surface area contributed by atoms with Crippen LogP contribution in [0.5, 0.6) is 5.75 Å². The maximum Gasteiger partial charge on any atom is 0.261 e. The Kier molecular flexibility index (Phi) is 7.09. The maximum atomic E-state index is 12.1. The number of benzene rings is 1. The standard InChI is InChI=1S/C16H26N2O2/c1-4-5-6-14(11-17)18-16(19)13(3)20-15-9-7-12(2)8-10-15/h7-10,13-14H,4-6,11,17H2,1-3H3,(H,18,19). The Morgan fingerprint density at radius 3 is 2.55 bits per heavy atom. The van der Waals surface area contributed by atoms with Crippen LogP contribution in [0.3, 0.4) is 0 Å². The molecule has 2 unspecified atom stereocenters. The van der Waals surface area contributed by atoms with Crippen LogP contribution in [-0.2, 0) is 4.79 Å². The summed E-state index contributed by atoms with van der Waals surface area (Å²) in [4.78, 5) is 12.1. The zero-order valence-corrected chi connectivity index (χ0v) is 12.7. The zero-order valence-electron chi connectivity index (χ0n) is 12.7. The summed E-state index contributed by atoms with van der Waals surface area (Å²) in [7, 11) is 0. The van der Waals surface area contributed by atoms with Crippen LogP contribution in [0.4, 0.5) is 0 Å². The lowest BCUT2D eigenvalue weighted by molar-refractivity contribution is -0.128. The average molecular weight is 278 g/mol. The van der Waals surface area contributed by atoms with Crippen LogP contribution in [0.1, 0.15) is 38.7 Å². The fraction of sp³-hybridized carbons (Fsp3) is 0.562. The van der Waals surface area contributed by atoms with Gasteiger partial charge < -0.3 is 15.8 Å². The molecule has 1 rings (SSSR count). The van der Waals surface area contributed by atoms with E-state index < -0.39 is 6.10 Å². The molecule has 1 aromatic rings. The first-order valence-electron chi connectivity index (χ1n) is 7.30. The average Bonchev–Trinajstić information content (AvgIpc) is 2.45. The topological polar surface area (TPSA) is 64.3 Å². The number of hydrogen-bond acceptors (Lipinski definition) is 3. The summed E-state index contributed by atoms with van der Waals surface area (Å²) >= 11 is 0. The van der Waals surface area contributed by atoms with E-state index in [1.54, 1.807) is 6.92 Å². The smallest absolute Gasteiger partial charge is 0.261 e. The molecule has 1 amide bonds. The Balaban J connectivity index is 2.47. The molecule has 20 heavy (non-hydrogen) atoms. The number of ether oxygens (including phenoxy) is 1. The summed E-state index contributed by atoms with van der Waals surface area (Å²) in [5, 5.41) is 2.94. The Labute approximate surface area is 121 Å². The van der Waals surface area contributed by atoms with Crippen molar-refractivity contribution in [3.8, 4) is 5.75 Å². The highest BCUT2D eigenvalue weighted by Crippen LogP contribution is 2.13. The molecule has 0 radical (unpaired) electrons. The van der Waals surface area contributed by atoms with Crippen molar-refractivity contribution in [2.75, 3.05) is 6.54 Å². The van der Waals surface area contributed by atoms with Gasteiger partial charge in [-0.15, -0.1) is 0 Å². The number of carbonyl (C=O) groups is 1. The van der Waals surface area contributed by atoms with Gasteiger partial charge in [-0.3, -0.25) is 4.79 Å². The van der Waals surface area contributed by atoms with Gasteiger partial charge in [0.05, 0.1) is 0 Å². The zero-order chi connectivity index (χ0) is 15.0. The van der Waals surface area contributed by atoms with Crippen molar-refractivity contribution < 1.29 is 9.53 Å². The molecule has 0 aromatic heterocycles. The third-order valence-corrected chi connectivity index (χ3v) is 3.24. The van der Waals surface area contributed by atoms with Gasteiger partial charge in [-0.05, 0) is 32.4 Å². The van der Waals surface area contributed by atoms with Crippen molar-refractivity contribution in [2.24, 2.45) is 5.73 Å². The van der Waals surface area contributed by atoms with Crippen LogP contribution < -0.4 is 15.8 Å². The number of nitrogens with two attached hydrogens (primary N) is 1. The molecular formula is C16H26N2O2. The van der Waals surface area contributed by atoms with Gasteiger partial charge in [-0.1, -0.05) is 37.5 Å². The van der Waals surface area contributed by atoms with Crippen LogP contribution >= 0.6 is 0 Å². The van der Waals surface area contributed by atoms with Gasteiger partial charge in [0.2, 0.25) is 0 Å². The number of nitrogens with one attached hydrogen (secondary N) is 1. The molecule has 0 fully saturated rings. The van der Waals surface area contributed by atoms with Crippen LogP contribution in [0.15, 0.2) is 24.3 Å². The van der Waals surface area contributed by atoms with E-state index in [0.29, 0.717) is 12.3 Å². The molecule has 4 nitrogen and oxygen atoms in total. The number of aryl methyl sites for hydroxylation is 1. The number of amides is 1. The number of rotatable bonds is 8. The van der Waals surface area contributed by atoms with Gasteiger partial charge in [0.15, 0.2) is 6.10 Å². The fourth-order valence-corrected chi connectivity index (χ4v) is 1.89. The van der Waals surface area contributed by atoms with E-state index in [1.807, 2.05) is 31.2 Å². The second kappa shape index (κ2) is 8.59. The summed E-state index contributed by atoms with van der Waals surface area (Å²) in [5.41, 5.74) is 6.84. The molecule has 0 saturated heterocycles. The third-order valence-electron chi connectivity index (χ3n) is 3.24. The Bertz CT molecular complexity index is 403. The number of unbranched alkanes of at least 4 members (excludes halogenated alkanes) is 1. The van der Waals surface area contributed by atoms with Crippen molar-refractivity contribution in [1.82, 2.24) is 5.32 Å². The first kappa shape index (κ1) is 16.5. The summed E-state index contributed by atoms with van der Waals surface area (Å²) in [6, 6.07) is 7.70. The molecule has 0 spiro atoms. The lowest BCUT2D eigenvalue weighted by Crippen LogP contribution is -2.45. The molecule has 0 aliphatic heterocycles. The highest BCUT2D eigenvalue weighted by atomic mass is 16.5. The van der Waals surface area contributed by atoms with Crippen LogP contribution in [0.2, 0.25) is 0 Å². The largest absolute Gasteiger partial charge is 0.481 e. The maximum absolute atomic E-state index is 12.1. The third kappa shape index (κ3) is 5.61. The molecule has 2 atom stereocenters. The first-order chi connectivity index (χ1) is 9.56. The SMILES string of the molecule is CCCCC(CN)NC(=O)C(C)Oc1ccc(C)cc1. The molecular weight excluding hydrogens is 252 g/mol. The lowest BCUT2D eigenvalue weighted by Gasteiger charge is -2.20. The van der Waals surface area contributed by atoms with E-state index in [9.17, 15) is 4.79 Å². The van der Waals surface area contributed by atoms with Crippen molar-refractivity contribution in [3.05, 3.63) is 29.8 Å². The van der Waals surface area contributed by atoms with Crippen LogP contribution in [-0.4, -0.2) is 24.6 Å². The van der Waals surface area contributed by atoms with E-state index in [-0.39, 0.29) is 11.9 Å². The monoisotopic (exact) mass is 278 g/mol. The summed E-state index contributed by atoms with van der Waals surface area (Å²) in [6.07, 6.45) is 2.56. The van der Waals surface area contributed by atoms with Crippen molar-refractivity contribution in [2.45, 2.75) is 52.2 Å². The van der Waals surface area contributed by atoms with E-state index in [4.69, 9.17) is 10.5 Å². The minimum atomic E-state index is -0.520. The molecule has 0 saturated carbocycles. The molecule has 1 aromatic carbocycles. The fourth-order valence-electron chi connectivity index (χ4n) is 1.89. The minimum Gasteiger partial charge on any atom is -0.481 e. The van der Waals surface area contributed by atoms with E-state index in [1.165, 1.54) is 0 Å². The molecule has 0 aliphatic rings. The van der Waals surface area contributed by atoms with E-state index in [0.717, 1.165) is 24.8 Å². The lowest BCUT2D eigenvalue weighted by atomic mass is 10.1. The van der Waals surface area contributed by atoms with Crippen LogP contribution in [0, 0.1) is 6.92 Å². The molecule has 3 N–H and O–H groups in total. The Morgan fingerprint density at radius 1 is 1.35 bits per heavy atom. The van der Waals surface area contributed by atoms with Gasteiger partial charge in [0.25, 0.3) is 5.91 Å². The highest BCUT2D eigenvalue weighted by molar-refractivity contribution is 5.81. The quantitative estimate of drug-likeness (QED) is 0.767. The molecule has 112 valence electrons. The summed E-state index contributed by atoms with van der Waals surface area (Å²) < 4.78 is 5.63. The van der Waals surface area contributed by atoms with Crippen molar-refractivity contribution in [3.63, 3.8) is 0 Å². The molecule has 0 aliphatic carbocycles. The van der Waals surface area contributed by atoms with E-state index in [2.05, 4.69) is 12.2 Å². The second-order valence-corrected chi connectivity index (χ2v) is 5.16. The van der Waals surface area contributed by atoms with E-state index >= 15 is 0 Å².